The van der Waals surface area contributed by atoms with E-state index in [2.05, 4.69) is 9.99 Å². The molecule has 0 spiro atoms. The Balaban J connectivity index is 2.97. The second-order valence-corrected chi connectivity index (χ2v) is 1.07. The maximum atomic E-state index is 8.35. The van der Waals surface area contributed by atoms with E-state index in [1.807, 2.05) is 0 Å². The van der Waals surface area contributed by atoms with Gasteiger partial charge in [-0.05, 0) is 6.92 Å². The second-order valence-electron chi connectivity index (χ2n) is 1.07. The fraction of sp³-hybridized carbons (Fsp3) is 0.750. The minimum absolute atomic E-state index is 0.795. The zero-order valence-electron chi connectivity index (χ0n) is 4.46. The van der Waals surface area contributed by atoms with E-state index < -0.39 is 6.29 Å². The molecular weight excluding hydrogens is 94.0 g/mol. The molecule has 0 aromatic heterocycles. The van der Waals surface area contributed by atoms with Crippen molar-refractivity contribution in [3.05, 3.63) is 0 Å². The molecule has 42 valence electrons. The van der Waals surface area contributed by atoms with Gasteiger partial charge in [-0.15, -0.1) is 0 Å². The Labute approximate surface area is 42.6 Å². The molecule has 0 aliphatic heterocycles. The fourth-order valence-electron chi connectivity index (χ4n) is 0.149. The predicted molar refractivity (Wildman–Crippen MR) is 26.9 cm³/mol. The quantitative estimate of drug-likeness (QED) is 0.311. The van der Waals surface area contributed by atoms with Crippen molar-refractivity contribution >= 4 is 6.21 Å². The highest BCUT2D eigenvalue weighted by Gasteiger charge is 1.85. The van der Waals surface area contributed by atoms with Crippen LogP contribution in [0.15, 0.2) is 5.16 Å². The van der Waals surface area contributed by atoms with Crippen LogP contribution in [0.2, 0.25) is 0 Å². The molecule has 0 heterocycles. The maximum absolute atomic E-state index is 8.35. The van der Waals surface area contributed by atoms with E-state index in [0.29, 0.717) is 0 Å². The summed E-state index contributed by atoms with van der Waals surface area (Å²) in [5.74, 6) is 0. The molecule has 0 amide bonds. The molecule has 0 fully saturated rings. The van der Waals surface area contributed by atoms with Gasteiger partial charge in [-0.25, -0.2) is 0 Å². The van der Waals surface area contributed by atoms with E-state index in [-0.39, 0.29) is 0 Å². The van der Waals surface area contributed by atoms with Crippen LogP contribution in [0.25, 0.3) is 0 Å². The van der Waals surface area contributed by atoms with E-state index in [4.69, 9.17) is 5.11 Å². The highest BCUT2D eigenvalue weighted by Crippen LogP contribution is 1.80. The Bertz CT molecular complexity index is 60.7. The minimum atomic E-state index is -0.795. The van der Waals surface area contributed by atoms with Gasteiger partial charge in [-0.3, -0.25) is 0 Å². The van der Waals surface area contributed by atoms with Crippen LogP contribution in [0.3, 0.4) is 0 Å². The lowest BCUT2D eigenvalue weighted by molar-refractivity contribution is -0.0831. The fourth-order valence-corrected chi connectivity index (χ4v) is 0.149. The lowest BCUT2D eigenvalue weighted by atomic mass is 10.8. The third-order valence-electron chi connectivity index (χ3n) is 0.319. The van der Waals surface area contributed by atoms with Crippen LogP contribution in [0.4, 0.5) is 0 Å². The Morgan fingerprint density at radius 3 is 2.57 bits per heavy atom. The summed E-state index contributed by atoms with van der Waals surface area (Å²) in [6.45, 7) is 3.20. The lowest BCUT2D eigenvalue weighted by Gasteiger charge is -1.96. The molecule has 0 rings (SSSR count). The van der Waals surface area contributed by atoms with Crippen LogP contribution >= 0.6 is 0 Å². The number of aliphatic hydroxyl groups is 1. The summed E-state index contributed by atoms with van der Waals surface area (Å²) >= 11 is 0. The normalized spacial score (nSPS) is 14.7. The number of aliphatic hydroxyl groups excluding tert-OH is 1. The number of nitrogens with zero attached hydrogens (tertiary/aromatic N) is 1. The standard InChI is InChI=1S/C4H9NO2/c1-3-5-7-4(2)6/h3-4,6H,1-2H3. The first kappa shape index (κ1) is 6.43. The van der Waals surface area contributed by atoms with Gasteiger partial charge in [0.2, 0.25) is 6.29 Å². The summed E-state index contributed by atoms with van der Waals surface area (Å²) in [6.07, 6.45) is 0.670. The smallest absolute Gasteiger partial charge is 0.221 e. The van der Waals surface area contributed by atoms with Crippen molar-refractivity contribution in [1.29, 1.82) is 0 Å². The average molecular weight is 103 g/mol. The van der Waals surface area contributed by atoms with Gasteiger partial charge in [-0.1, -0.05) is 5.16 Å². The Hall–Kier alpha value is -0.570. The van der Waals surface area contributed by atoms with Gasteiger partial charge in [0.15, 0.2) is 0 Å². The third-order valence-corrected chi connectivity index (χ3v) is 0.319. The molecule has 1 N–H and O–H groups in total. The molecular formula is C4H9NO2. The largest absolute Gasteiger partial charge is 0.365 e. The highest BCUT2D eigenvalue weighted by atomic mass is 16.7. The van der Waals surface area contributed by atoms with E-state index in [0.717, 1.165) is 0 Å². The molecule has 0 saturated carbocycles. The van der Waals surface area contributed by atoms with Gasteiger partial charge in [-0.2, -0.15) is 0 Å². The molecule has 3 nitrogen and oxygen atoms in total. The summed E-state index contributed by atoms with van der Waals surface area (Å²) in [7, 11) is 0. The number of oxime groups is 1. The zero-order valence-corrected chi connectivity index (χ0v) is 4.46. The van der Waals surface area contributed by atoms with Crippen LogP contribution in [0, 0.1) is 0 Å². The summed E-state index contributed by atoms with van der Waals surface area (Å²) < 4.78 is 0. The molecule has 0 saturated heterocycles. The first-order valence-corrected chi connectivity index (χ1v) is 2.09. The molecule has 1 unspecified atom stereocenters. The van der Waals surface area contributed by atoms with E-state index in [1.165, 1.54) is 13.1 Å². The van der Waals surface area contributed by atoms with Gasteiger partial charge in [0.25, 0.3) is 0 Å². The summed E-state index contributed by atoms with van der Waals surface area (Å²) in [6, 6.07) is 0. The Kier molecular flexibility index (Phi) is 3.32. The van der Waals surface area contributed by atoms with Crippen LogP contribution < -0.4 is 0 Å². The molecule has 0 radical (unpaired) electrons. The van der Waals surface area contributed by atoms with E-state index >= 15 is 0 Å². The lowest BCUT2D eigenvalue weighted by Crippen LogP contribution is -1.99. The van der Waals surface area contributed by atoms with Crippen LogP contribution in [-0.4, -0.2) is 17.6 Å². The molecule has 0 aliphatic rings. The van der Waals surface area contributed by atoms with Crippen LogP contribution in [0.5, 0.6) is 0 Å². The number of rotatable bonds is 2. The van der Waals surface area contributed by atoms with Crippen molar-refractivity contribution in [2.45, 2.75) is 20.1 Å². The van der Waals surface area contributed by atoms with Crippen LogP contribution in [-0.2, 0) is 4.84 Å². The van der Waals surface area contributed by atoms with Crippen molar-refractivity contribution in [2.24, 2.45) is 5.16 Å². The Morgan fingerprint density at radius 2 is 2.43 bits per heavy atom. The molecule has 1 atom stereocenters. The highest BCUT2D eigenvalue weighted by molar-refractivity contribution is 5.52. The number of hydrogen-bond acceptors (Lipinski definition) is 3. The Morgan fingerprint density at radius 1 is 1.86 bits per heavy atom. The van der Waals surface area contributed by atoms with Crippen molar-refractivity contribution in [1.82, 2.24) is 0 Å². The SMILES string of the molecule is CC=NOC(C)O. The van der Waals surface area contributed by atoms with Gasteiger partial charge >= 0.3 is 0 Å². The first-order chi connectivity index (χ1) is 3.27. The first-order valence-electron chi connectivity index (χ1n) is 2.09. The second kappa shape index (κ2) is 3.61. The summed E-state index contributed by atoms with van der Waals surface area (Å²) in [5, 5.41) is 11.6. The third kappa shape index (κ3) is 5.43. The van der Waals surface area contributed by atoms with Gasteiger partial charge in [0.1, 0.15) is 0 Å². The van der Waals surface area contributed by atoms with Crippen molar-refractivity contribution in [3.63, 3.8) is 0 Å². The monoisotopic (exact) mass is 103 g/mol. The molecule has 7 heavy (non-hydrogen) atoms. The minimum Gasteiger partial charge on any atom is -0.365 e. The molecule has 0 aromatic carbocycles. The van der Waals surface area contributed by atoms with Gasteiger partial charge in [0.05, 0.1) is 0 Å². The summed E-state index contributed by atoms with van der Waals surface area (Å²) in [4.78, 5) is 4.32. The zero-order chi connectivity index (χ0) is 5.70. The van der Waals surface area contributed by atoms with Crippen molar-refractivity contribution < 1.29 is 9.94 Å². The average Bonchev–Trinajstić information content (AvgIpc) is 1.61. The molecule has 3 heteroatoms. The van der Waals surface area contributed by atoms with Crippen molar-refractivity contribution in [2.75, 3.05) is 0 Å². The van der Waals surface area contributed by atoms with Crippen LogP contribution in [0.1, 0.15) is 13.8 Å². The molecule has 0 bridgehead atoms. The van der Waals surface area contributed by atoms with E-state index in [9.17, 15) is 0 Å². The van der Waals surface area contributed by atoms with Gasteiger partial charge in [0, 0.05) is 13.1 Å². The van der Waals surface area contributed by atoms with Gasteiger partial charge < -0.3 is 9.94 Å². The van der Waals surface area contributed by atoms with Crippen molar-refractivity contribution in [3.8, 4) is 0 Å². The topological polar surface area (TPSA) is 41.8 Å². The number of hydrogen-bond donors (Lipinski definition) is 1. The summed E-state index contributed by atoms with van der Waals surface area (Å²) in [5.41, 5.74) is 0. The maximum Gasteiger partial charge on any atom is 0.221 e. The molecule has 0 aromatic rings. The molecule has 0 aliphatic carbocycles. The van der Waals surface area contributed by atoms with E-state index in [1.54, 1.807) is 6.92 Å². The predicted octanol–water partition coefficient (Wildman–Crippen LogP) is 0.347.